The highest BCUT2D eigenvalue weighted by molar-refractivity contribution is 6.23. The van der Waals surface area contributed by atoms with E-state index in [4.69, 9.17) is 19.4 Å². The van der Waals surface area contributed by atoms with E-state index in [1.165, 1.54) is 0 Å². The van der Waals surface area contributed by atoms with Gasteiger partial charge in [0.1, 0.15) is 11.2 Å². The fraction of sp³-hybridized carbons (Fsp3) is 0. The fourth-order valence-corrected chi connectivity index (χ4v) is 5.62. The van der Waals surface area contributed by atoms with Gasteiger partial charge in [-0.2, -0.15) is 0 Å². The Balaban J connectivity index is 1.49. The minimum Gasteiger partial charge on any atom is -0.455 e. The van der Waals surface area contributed by atoms with Crippen LogP contribution in [0.1, 0.15) is 0 Å². The van der Waals surface area contributed by atoms with Crippen LogP contribution in [-0.4, -0.2) is 15.0 Å². The molecule has 0 saturated heterocycles. The van der Waals surface area contributed by atoms with Crippen LogP contribution in [0.2, 0.25) is 0 Å². The van der Waals surface area contributed by atoms with Crippen molar-refractivity contribution in [3.63, 3.8) is 0 Å². The Kier molecular flexibility index (Phi) is 5.42. The van der Waals surface area contributed by atoms with Gasteiger partial charge in [-0.15, -0.1) is 0 Å². The molecular weight excluding hydrogens is 502 g/mol. The van der Waals surface area contributed by atoms with E-state index in [9.17, 15) is 0 Å². The third-order valence-corrected chi connectivity index (χ3v) is 7.51. The highest BCUT2D eigenvalue weighted by Crippen LogP contribution is 2.43. The second-order valence-electron chi connectivity index (χ2n) is 10.0. The van der Waals surface area contributed by atoms with Gasteiger partial charge >= 0.3 is 0 Å². The zero-order valence-electron chi connectivity index (χ0n) is 22.0. The van der Waals surface area contributed by atoms with Gasteiger partial charge in [-0.05, 0) is 28.6 Å². The average molecular weight is 526 g/mol. The van der Waals surface area contributed by atoms with Crippen LogP contribution < -0.4 is 0 Å². The first-order chi connectivity index (χ1) is 20.3. The monoisotopic (exact) mass is 525 g/mol. The molecule has 0 fully saturated rings. The topological polar surface area (TPSA) is 51.8 Å². The quantitative estimate of drug-likeness (QED) is 0.230. The van der Waals surface area contributed by atoms with Crippen LogP contribution in [-0.2, 0) is 0 Å². The zero-order valence-corrected chi connectivity index (χ0v) is 22.0. The molecule has 41 heavy (non-hydrogen) atoms. The number of hydrogen-bond acceptors (Lipinski definition) is 4. The molecule has 0 bridgehead atoms. The SMILES string of the molecule is c1ccc(-c2nc(-c3ccccc3)nc(-c3cc4cccc(-c5ccccc5)c4c4oc5ccccc5c34)n2)cc1. The van der Waals surface area contributed by atoms with Gasteiger partial charge in [0.2, 0.25) is 0 Å². The summed E-state index contributed by atoms with van der Waals surface area (Å²) >= 11 is 0. The van der Waals surface area contributed by atoms with Gasteiger partial charge in [0.15, 0.2) is 17.5 Å². The number of hydrogen-bond donors (Lipinski definition) is 0. The summed E-state index contributed by atoms with van der Waals surface area (Å²) in [5.74, 6) is 1.88. The minimum absolute atomic E-state index is 0.612. The lowest BCUT2D eigenvalue weighted by Gasteiger charge is -2.12. The molecule has 0 spiro atoms. The standard InChI is InChI=1S/C37H23N3O/c1-4-13-24(14-5-1)28-21-12-19-27-23-30(33-29-20-10-11-22-31(29)41-34(33)32(27)28)37-39-35(25-15-6-2-7-16-25)38-36(40-37)26-17-8-3-9-18-26/h1-23H. The van der Waals surface area contributed by atoms with Crippen LogP contribution in [0.5, 0.6) is 0 Å². The van der Waals surface area contributed by atoms with Gasteiger partial charge in [-0.25, -0.2) is 15.0 Å². The van der Waals surface area contributed by atoms with Crippen molar-refractivity contribution < 1.29 is 4.42 Å². The molecule has 0 amide bonds. The van der Waals surface area contributed by atoms with E-state index in [1.54, 1.807) is 0 Å². The van der Waals surface area contributed by atoms with Crippen LogP contribution in [0.3, 0.4) is 0 Å². The molecule has 0 unspecified atom stereocenters. The normalized spacial score (nSPS) is 11.4. The zero-order chi connectivity index (χ0) is 27.2. The summed E-state index contributed by atoms with van der Waals surface area (Å²) in [4.78, 5) is 15.0. The maximum atomic E-state index is 6.65. The first-order valence-electron chi connectivity index (χ1n) is 13.6. The highest BCUT2D eigenvalue weighted by atomic mass is 16.3. The molecule has 4 heteroatoms. The van der Waals surface area contributed by atoms with Gasteiger partial charge in [-0.1, -0.05) is 127 Å². The number of benzene rings is 6. The Bertz CT molecular complexity index is 2130. The van der Waals surface area contributed by atoms with Crippen molar-refractivity contribution in [1.82, 2.24) is 15.0 Å². The fourth-order valence-electron chi connectivity index (χ4n) is 5.62. The molecule has 0 N–H and O–H groups in total. The third-order valence-electron chi connectivity index (χ3n) is 7.51. The van der Waals surface area contributed by atoms with E-state index < -0.39 is 0 Å². The molecule has 0 atom stereocenters. The average Bonchev–Trinajstić information content (AvgIpc) is 3.45. The largest absolute Gasteiger partial charge is 0.455 e. The van der Waals surface area contributed by atoms with E-state index in [2.05, 4.69) is 54.6 Å². The van der Waals surface area contributed by atoms with Gasteiger partial charge in [0, 0.05) is 32.8 Å². The Morgan fingerprint density at radius 1 is 0.415 bits per heavy atom. The minimum atomic E-state index is 0.612. The Morgan fingerprint density at radius 2 is 0.976 bits per heavy atom. The molecule has 0 aliphatic heterocycles. The molecule has 8 aromatic rings. The summed E-state index contributed by atoms with van der Waals surface area (Å²) in [7, 11) is 0. The Morgan fingerprint density at radius 3 is 1.63 bits per heavy atom. The molecule has 0 aliphatic carbocycles. The van der Waals surface area contributed by atoms with E-state index in [0.717, 1.165) is 60.5 Å². The first-order valence-corrected chi connectivity index (χ1v) is 13.6. The summed E-state index contributed by atoms with van der Waals surface area (Å²) in [6, 6.07) is 47.4. The van der Waals surface area contributed by atoms with Crippen molar-refractivity contribution in [3.05, 3.63) is 140 Å². The number of furan rings is 1. The van der Waals surface area contributed by atoms with E-state index in [-0.39, 0.29) is 0 Å². The molecule has 6 aromatic carbocycles. The molecule has 4 nitrogen and oxygen atoms in total. The van der Waals surface area contributed by atoms with E-state index >= 15 is 0 Å². The summed E-state index contributed by atoms with van der Waals surface area (Å²) < 4.78 is 6.65. The maximum absolute atomic E-state index is 6.65. The lowest BCUT2D eigenvalue weighted by molar-refractivity contribution is 0.673. The van der Waals surface area contributed by atoms with Crippen LogP contribution >= 0.6 is 0 Å². The lowest BCUT2D eigenvalue weighted by Crippen LogP contribution is -2.00. The van der Waals surface area contributed by atoms with Crippen molar-refractivity contribution in [3.8, 4) is 45.3 Å². The highest BCUT2D eigenvalue weighted by Gasteiger charge is 2.21. The number of nitrogens with zero attached hydrogens (tertiary/aromatic N) is 3. The molecule has 2 aromatic heterocycles. The van der Waals surface area contributed by atoms with Crippen molar-refractivity contribution in [2.75, 3.05) is 0 Å². The van der Waals surface area contributed by atoms with Gasteiger partial charge in [0.25, 0.3) is 0 Å². The number of aromatic nitrogens is 3. The summed E-state index contributed by atoms with van der Waals surface area (Å²) in [6.07, 6.45) is 0. The predicted octanol–water partition coefficient (Wildman–Crippen LogP) is 9.59. The van der Waals surface area contributed by atoms with Crippen LogP contribution in [0, 0.1) is 0 Å². The van der Waals surface area contributed by atoms with E-state index in [0.29, 0.717) is 17.5 Å². The molecule has 0 radical (unpaired) electrons. The molecule has 8 rings (SSSR count). The third kappa shape index (κ3) is 3.97. The molecule has 0 aliphatic rings. The summed E-state index contributed by atoms with van der Waals surface area (Å²) in [5.41, 5.74) is 6.73. The number of fused-ring (bicyclic) bond motifs is 5. The van der Waals surface area contributed by atoms with Gasteiger partial charge in [-0.3, -0.25) is 0 Å². The van der Waals surface area contributed by atoms with Crippen LogP contribution in [0.4, 0.5) is 0 Å². The second kappa shape index (κ2) is 9.54. The van der Waals surface area contributed by atoms with Gasteiger partial charge < -0.3 is 4.42 Å². The van der Waals surface area contributed by atoms with Crippen molar-refractivity contribution in [2.24, 2.45) is 0 Å². The van der Waals surface area contributed by atoms with Crippen LogP contribution in [0.25, 0.3) is 78.0 Å². The van der Waals surface area contributed by atoms with Crippen molar-refractivity contribution in [2.45, 2.75) is 0 Å². The Labute approximate surface area is 236 Å². The van der Waals surface area contributed by atoms with Crippen molar-refractivity contribution >= 4 is 32.7 Å². The molecule has 2 heterocycles. The number of para-hydroxylation sites is 1. The number of rotatable bonds is 4. The molecular formula is C37H23N3O. The molecule has 192 valence electrons. The summed E-state index contributed by atoms with van der Waals surface area (Å²) in [6.45, 7) is 0. The Hall–Kier alpha value is -5.61. The van der Waals surface area contributed by atoms with Crippen LogP contribution in [0.15, 0.2) is 144 Å². The second-order valence-corrected chi connectivity index (χ2v) is 10.0. The molecule has 0 saturated carbocycles. The van der Waals surface area contributed by atoms with Gasteiger partial charge in [0.05, 0.1) is 0 Å². The smallest absolute Gasteiger partial charge is 0.164 e. The lowest BCUT2D eigenvalue weighted by atomic mass is 9.93. The van der Waals surface area contributed by atoms with E-state index in [1.807, 2.05) is 84.9 Å². The maximum Gasteiger partial charge on any atom is 0.164 e. The summed E-state index contributed by atoms with van der Waals surface area (Å²) in [5, 5.41) is 4.18. The predicted molar refractivity (Wildman–Crippen MR) is 166 cm³/mol. The first kappa shape index (κ1) is 23.3. The van der Waals surface area contributed by atoms with Crippen molar-refractivity contribution in [1.29, 1.82) is 0 Å².